The molecule has 304 valence electrons. The molecular formula is C36H45ClN6O13. The van der Waals surface area contributed by atoms with Crippen molar-refractivity contribution in [3.8, 4) is 5.75 Å². The molecule has 1 unspecified atom stereocenters. The maximum Gasteiger partial charge on any atom is 0.307 e. The fourth-order valence-corrected chi connectivity index (χ4v) is 6.08. The van der Waals surface area contributed by atoms with E-state index in [2.05, 4.69) is 26.3 Å². The molecule has 2 heterocycles. The predicted octanol–water partition coefficient (Wildman–Crippen LogP) is 0.0913. The largest absolute Gasteiger partial charge is 0.497 e. The zero-order valence-electron chi connectivity index (χ0n) is 30.9. The van der Waals surface area contributed by atoms with Crippen LogP contribution in [0, 0.1) is 0 Å². The molecule has 8 atom stereocenters. The van der Waals surface area contributed by atoms with Crippen molar-refractivity contribution in [2.24, 2.45) is 5.73 Å². The van der Waals surface area contributed by atoms with Crippen LogP contribution in [-0.4, -0.2) is 125 Å². The number of fused-ring (bicyclic) bond motifs is 2. The number of pyridine rings is 1. The van der Waals surface area contributed by atoms with Crippen LogP contribution in [0.15, 0.2) is 36.4 Å². The van der Waals surface area contributed by atoms with Gasteiger partial charge in [-0.2, -0.15) is 0 Å². The van der Waals surface area contributed by atoms with E-state index in [9.17, 15) is 39.0 Å². The first kappa shape index (κ1) is 43.4. The van der Waals surface area contributed by atoms with Crippen LogP contribution in [0.3, 0.4) is 0 Å². The smallest absolute Gasteiger partial charge is 0.307 e. The Morgan fingerprint density at radius 3 is 2.38 bits per heavy atom. The summed E-state index contributed by atoms with van der Waals surface area (Å²) in [5.74, 6) is -4.60. The molecule has 4 amide bonds. The molecule has 4 rings (SSSR count). The molecule has 0 radical (unpaired) electrons. The number of primary amides is 1. The van der Waals surface area contributed by atoms with Gasteiger partial charge in [-0.3, -0.25) is 28.8 Å². The van der Waals surface area contributed by atoms with E-state index < -0.39 is 97.4 Å². The number of halogens is 1. The zero-order valence-corrected chi connectivity index (χ0v) is 31.7. The third kappa shape index (κ3) is 11.4. The highest BCUT2D eigenvalue weighted by atomic mass is 35.5. The van der Waals surface area contributed by atoms with Gasteiger partial charge in [-0.25, -0.2) is 4.98 Å². The van der Waals surface area contributed by atoms with Crippen LogP contribution in [0.2, 0.25) is 5.02 Å². The lowest BCUT2D eigenvalue weighted by Crippen LogP contribution is -2.66. The Morgan fingerprint density at radius 1 is 0.982 bits per heavy atom. The van der Waals surface area contributed by atoms with Crippen molar-refractivity contribution in [2.75, 3.05) is 25.6 Å². The second kappa shape index (κ2) is 19.5. The molecule has 0 bridgehead atoms. The summed E-state index contributed by atoms with van der Waals surface area (Å²) in [5, 5.41) is 43.2. The molecule has 9 N–H and O–H groups in total. The lowest BCUT2D eigenvalue weighted by atomic mass is 9.96. The molecule has 1 saturated heterocycles. The van der Waals surface area contributed by atoms with Gasteiger partial charge in [0.2, 0.25) is 23.6 Å². The van der Waals surface area contributed by atoms with Crippen LogP contribution in [0.4, 0.5) is 5.69 Å². The van der Waals surface area contributed by atoms with E-state index in [0.29, 0.717) is 27.5 Å². The van der Waals surface area contributed by atoms with Crippen molar-refractivity contribution in [1.82, 2.24) is 20.9 Å². The van der Waals surface area contributed by atoms with Crippen molar-refractivity contribution in [1.29, 1.82) is 0 Å². The van der Waals surface area contributed by atoms with Crippen molar-refractivity contribution in [2.45, 2.75) is 88.9 Å². The van der Waals surface area contributed by atoms with Gasteiger partial charge in [-0.05, 0) is 56.7 Å². The van der Waals surface area contributed by atoms with Gasteiger partial charge in [0.15, 0.2) is 6.29 Å². The summed E-state index contributed by atoms with van der Waals surface area (Å²) in [6.45, 7) is 3.29. The lowest BCUT2D eigenvalue weighted by molar-refractivity contribution is -0.267. The summed E-state index contributed by atoms with van der Waals surface area (Å²) in [4.78, 5) is 77.8. The molecule has 1 aliphatic rings. The van der Waals surface area contributed by atoms with E-state index in [1.165, 1.54) is 13.8 Å². The first-order chi connectivity index (χ1) is 26.5. The summed E-state index contributed by atoms with van der Waals surface area (Å²) < 4.78 is 22.1. The van der Waals surface area contributed by atoms with E-state index in [-0.39, 0.29) is 19.4 Å². The van der Waals surface area contributed by atoms with E-state index in [1.54, 1.807) is 37.4 Å². The van der Waals surface area contributed by atoms with Gasteiger partial charge >= 0.3 is 11.9 Å². The molecule has 20 heteroatoms. The number of aliphatic carboxylic acids is 1. The van der Waals surface area contributed by atoms with Crippen LogP contribution in [0.25, 0.3) is 21.8 Å². The van der Waals surface area contributed by atoms with Crippen molar-refractivity contribution < 1.29 is 63.0 Å². The molecule has 19 nitrogen and oxygen atoms in total. The van der Waals surface area contributed by atoms with Gasteiger partial charge in [0.25, 0.3) is 0 Å². The topological polar surface area (TPSA) is 287 Å². The van der Waals surface area contributed by atoms with Crippen LogP contribution in [0.1, 0.15) is 40.0 Å². The zero-order chi connectivity index (χ0) is 41.3. The summed E-state index contributed by atoms with van der Waals surface area (Å²) in [6.07, 6.45) is -8.52. The average molecular weight is 805 g/mol. The number of hydrogen-bond donors (Lipinski definition) is 8. The highest BCUT2D eigenvalue weighted by molar-refractivity contribution is 6.31. The number of anilines is 1. The Morgan fingerprint density at radius 2 is 1.71 bits per heavy atom. The molecule has 2 aromatic carbocycles. The van der Waals surface area contributed by atoms with Crippen LogP contribution in [-0.2, 0) is 43.0 Å². The summed E-state index contributed by atoms with van der Waals surface area (Å²) in [6, 6.07) is 6.70. The van der Waals surface area contributed by atoms with E-state index >= 15 is 0 Å². The summed E-state index contributed by atoms with van der Waals surface area (Å²) in [7, 11) is 1.54. The first-order valence-corrected chi connectivity index (χ1v) is 17.9. The number of carbonyl (C=O) groups excluding carboxylic acids is 5. The number of nitrogens with one attached hydrogen (secondary N) is 4. The second-order valence-electron chi connectivity index (χ2n) is 13.0. The van der Waals surface area contributed by atoms with Gasteiger partial charge < -0.3 is 61.3 Å². The molecule has 1 aliphatic heterocycles. The number of aromatic nitrogens is 1. The summed E-state index contributed by atoms with van der Waals surface area (Å²) >= 11 is 6.21. The number of amides is 4. The predicted molar refractivity (Wildman–Crippen MR) is 199 cm³/mol. The van der Waals surface area contributed by atoms with Gasteiger partial charge in [0.1, 0.15) is 54.9 Å². The Balaban J connectivity index is 1.37. The van der Waals surface area contributed by atoms with Crippen molar-refractivity contribution >= 4 is 74.7 Å². The number of aliphatic hydroxyl groups is 2. The number of benzene rings is 2. The monoisotopic (exact) mass is 804 g/mol. The number of ether oxygens (including phenoxy) is 4. The number of carboxylic acids is 1. The number of esters is 1. The fourth-order valence-electron chi connectivity index (χ4n) is 5.92. The van der Waals surface area contributed by atoms with E-state index in [4.69, 9.17) is 41.4 Å². The molecule has 56 heavy (non-hydrogen) atoms. The second-order valence-corrected chi connectivity index (χ2v) is 13.5. The number of methoxy groups -OCH3 is 1. The molecule has 3 aromatic rings. The SMILES string of the molecule is COc1ccc2nc3cc(Cl)ccc3c(NCCC(=O)OC[C@H]3O[C@@H](O)[C@H](NC(C)=O)[C@@H](OC(C)C(=O)N[C@@H](C)C(=O)N[C@H](CCC(=O)O)C(N)=O)[C@@H]3O)c2c1. The van der Waals surface area contributed by atoms with Gasteiger partial charge in [-0.15, -0.1) is 0 Å². The Kier molecular flexibility index (Phi) is 15.1. The minimum atomic E-state index is -1.77. The van der Waals surface area contributed by atoms with Gasteiger partial charge in [-0.1, -0.05) is 11.6 Å². The fraction of sp³-hybridized carbons (Fsp3) is 0.472. The van der Waals surface area contributed by atoms with Crippen molar-refractivity contribution in [3.05, 3.63) is 41.4 Å². The number of rotatable bonds is 18. The minimum absolute atomic E-state index is 0.120. The quantitative estimate of drug-likeness (QED) is 0.0625. The number of nitrogens with two attached hydrogens (primary N) is 1. The third-order valence-corrected chi connectivity index (χ3v) is 9.07. The lowest BCUT2D eigenvalue weighted by Gasteiger charge is -2.43. The minimum Gasteiger partial charge on any atom is -0.497 e. The van der Waals surface area contributed by atoms with E-state index in [1.807, 2.05) is 6.07 Å². The van der Waals surface area contributed by atoms with Gasteiger partial charge in [0, 0.05) is 35.7 Å². The van der Waals surface area contributed by atoms with Crippen molar-refractivity contribution in [3.63, 3.8) is 0 Å². The van der Waals surface area contributed by atoms with Gasteiger partial charge in [0.05, 0.1) is 30.3 Å². The van der Waals surface area contributed by atoms with Crippen LogP contribution >= 0.6 is 11.6 Å². The maximum atomic E-state index is 13.0. The van der Waals surface area contributed by atoms with Crippen LogP contribution in [0.5, 0.6) is 5.75 Å². The Labute approximate surface area is 325 Å². The number of aliphatic hydroxyl groups excluding tert-OH is 2. The molecule has 0 saturated carbocycles. The van der Waals surface area contributed by atoms with Crippen LogP contribution < -0.4 is 31.7 Å². The highest BCUT2D eigenvalue weighted by Gasteiger charge is 2.47. The molecule has 1 fully saturated rings. The molecular weight excluding hydrogens is 760 g/mol. The molecule has 1 aromatic heterocycles. The third-order valence-electron chi connectivity index (χ3n) is 8.83. The molecule has 0 aliphatic carbocycles. The number of carbonyl (C=O) groups is 6. The standard InChI is InChI=1S/C36H45ClN6O13/c1-16(34(50)43-24(33(38)49)9-10-27(45)46)40-35(51)17(2)55-32-30(41-18(3)44)36(52)56-26(31(32)48)15-54-28(47)11-12-39-29-21-7-5-19(37)13-25(21)42-23-8-6-20(53-4)14-22(23)29/h5-8,13-14,16-17,24,26,30-32,36,48,52H,9-12,15H2,1-4H3,(H2,38,49)(H,39,42)(H,40,51)(H,41,44)(H,43,50)(H,45,46)/t16-,17?,24+,26+,30+,31+,32+,36+/m0/s1. The highest BCUT2D eigenvalue weighted by Crippen LogP contribution is 2.34. The number of hydrogen-bond acceptors (Lipinski definition) is 14. The first-order valence-electron chi connectivity index (χ1n) is 17.5. The number of carboxylic acid groups (broad SMARTS) is 1. The maximum absolute atomic E-state index is 13.0. The normalized spacial score (nSPS) is 20.9. The summed E-state index contributed by atoms with van der Waals surface area (Å²) in [5.41, 5.74) is 7.24. The number of nitrogens with zero attached hydrogens (tertiary/aromatic N) is 1. The Bertz CT molecular complexity index is 1950. The van der Waals surface area contributed by atoms with E-state index in [0.717, 1.165) is 17.7 Å². The molecule has 0 spiro atoms. The average Bonchev–Trinajstić information content (AvgIpc) is 3.14. The Hall–Kier alpha value is -5.34.